The Morgan fingerprint density at radius 3 is 2.52 bits per heavy atom. The summed E-state index contributed by atoms with van der Waals surface area (Å²) in [5.74, 6) is -0.324. The largest absolute Gasteiger partial charge is 0.346 e. The number of halogens is 1. The van der Waals surface area contributed by atoms with Gasteiger partial charge in [0.15, 0.2) is 5.69 Å². The third kappa shape index (κ3) is 4.37. The van der Waals surface area contributed by atoms with E-state index in [9.17, 15) is 9.59 Å². The van der Waals surface area contributed by atoms with Crippen molar-refractivity contribution in [2.24, 2.45) is 0 Å². The van der Waals surface area contributed by atoms with E-state index in [1.54, 1.807) is 30.3 Å². The van der Waals surface area contributed by atoms with Gasteiger partial charge in [-0.3, -0.25) is 9.59 Å². The van der Waals surface area contributed by atoms with E-state index < -0.39 is 0 Å². The minimum atomic E-state index is -0.324. The van der Waals surface area contributed by atoms with Crippen LogP contribution >= 0.6 is 11.6 Å². The molecule has 0 bridgehead atoms. The zero-order valence-corrected chi connectivity index (χ0v) is 16.0. The number of unbranched alkanes of at least 4 members (excludes halogenated alkanes) is 2. The van der Waals surface area contributed by atoms with Crippen LogP contribution in [0.15, 0.2) is 53.3 Å². The molecule has 0 aliphatic heterocycles. The van der Waals surface area contributed by atoms with Crippen molar-refractivity contribution >= 4 is 28.3 Å². The summed E-state index contributed by atoms with van der Waals surface area (Å²) in [7, 11) is 0. The van der Waals surface area contributed by atoms with Crippen LogP contribution in [0.1, 0.15) is 42.2 Å². The molecule has 0 aliphatic rings. The molecule has 0 unspecified atom stereocenters. The summed E-state index contributed by atoms with van der Waals surface area (Å²) >= 11 is 6.15. The monoisotopic (exact) mass is 383 g/mol. The fourth-order valence-electron chi connectivity index (χ4n) is 2.97. The predicted octanol–water partition coefficient (Wildman–Crippen LogP) is 4.17. The molecule has 140 valence electrons. The van der Waals surface area contributed by atoms with Crippen molar-refractivity contribution < 1.29 is 4.79 Å². The van der Waals surface area contributed by atoms with Crippen LogP contribution in [0, 0.1) is 0 Å². The number of hydrogen-bond acceptors (Lipinski definition) is 3. The number of nitrogens with zero attached hydrogens (tertiary/aromatic N) is 2. The van der Waals surface area contributed by atoms with E-state index in [2.05, 4.69) is 17.3 Å². The number of amides is 1. The first-order chi connectivity index (χ1) is 13.1. The van der Waals surface area contributed by atoms with E-state index in [0.717, 1.165) is 24.8 Å². The second-order valence-electron chi connectivity index (χ2n) is 6.40. The topological polar surface area (TPSA) is 64.0 Å². The van der Waals surface area contributed by atoms with Gasteiger partial charge in [0, 0.05) is 23.5 Å². The zero-order chi connectivity index (χ0) is 19.2. The Balaban J connectivity index is 1.92. The van der Waals surface area contributed by atoms with E-state index in [1.165, 1.54) is 4.68 Å². The molecule has 1 aromatic heterocycles. The number of carbonyl (C=O) groups excluding carboxylic acids is 1. The Hall–Kier alpha value is -2.66. The van der Waals surface area contributed by atoms with Gasteiger partial charge in [-0.15, -0.1) is 0 Å². The highest BCUT2D eigenvalue weighted by Gasteiger charge is 2.16. The van der Waals surface area contributed by atoms with Crippen molar-refractivity contribution in [3.8, 4) is 0 Å². The Kier molecular flexibility index (Phi) is 6.24. The highest BCUT2D eigenvalue weighted by Crippen LogP contribution is 2.16. The van der Waals surface area contributed by atoms with Crippen molar-refractivity contribution in [1.82, 2.24) is 15.1 Å². The molecular weight excluding hydrogens is 362 g/mol. The van der Waals surface area contributed by atoms with Gasteiger partial charge in [-0.1, -0.05) is 67.8 Å². The molecule has 3 aromatic rings. The second-order valence-corrected chi connectivity index (χ2v) is 6.81. The molecule has 0 fully saturated rings. The van der Waals surface area contributed by atoms with Crippen molar-refractivity contribution in [2.45, 2.75) is 39.3 Å². The Labute approximate surface area is 163 Å². The van der Waals surface area contributed by atoms with Gasteiger partial charge < -0.3 is 5.32 Å². The molecule has 27 heavy (non-hydrogen) atoms. The molecule has 5 nitrogen and oxygen atoms in total. The third-order valence-corrected chi connectivity index (χ3v) is 4.82. The molecule has 3 rings (SSSR count). The number of benzene rings is 2. The van der Waals surface area contributed by atoms with Crippen LogP contribution in [-0.4, -0.2) is 15.7 Å². The standard InChI is InChI=1S/C21H22ClN3O2/c1-2-3-8-13-25-21(27)17-11-6-5-10-16(17)19(24-25)20(26)23-14-15-9-4-7-12-18(15)22/h4-7,9-12H,2-3,8,13-14H2,1H3,(H,23,26). The van der Waals surface area contributed by atoms with E-state index >= 15 is 0 Å². The normalized spacial score (nSPS) is 10.9. The number of aryl methyl sites for hydroxylation is 1. The summed E-state index contributed by atoms with van der Waals surface area (Å²) in [6.07, 6.45) is 2.91. The minimum absolute atomic E-state index is 0.163. The molecule has 2 aromatic carbocycles. The number of fused-ring (bicyclic) bond motifs is 1. The Morgan fingerprint density at radius 2 is 1.78 bits per heavy atom. The maximum Gasteiger partial charge on any atom is 0.274 e. The van der Waals surface area contributed by atoms with Gasteiger partial charge in [0.1, 0.15) is 0 Å². The highest BCUT2D eigenvalue weighted by atomic mass is 35.5. The van der Waals surface area contributed by atoms with Gasteiger partial charge in [-0.2, -0.15) is 5.10 Å². The molecule has 0 atom stereocenters. The first-order valence-corrected chi connectivity index (χ1v) is 9.51. The summed E-state index contributed by atoms with van der Waals surface area (Å²) < 4.78 is 1.41. The lowest BCUT2D eigenvalue weighted by Crippen LogP contribution is -2.30. The van der Waals surface area contributed by atoms with Gasteiger partial charge in [-0.25, -0.2) is 4.68 Å². The van der Waals surface area contributed by atoms with E-state index in [1.807, 2.05) is 18.2 Å². The third-order valence-electron chi connectivity index (χ3n) is 4.45. The summed E-state index contributed by atoms with van der Waals surface area (Å²) in [6.45, 7) is 2.90. The van der Waals surface area contributed by atoms with E-state index in [0.29, 0.717) is 28.9 Å². The predicted molar refractivity (Wildman–Crippen MR) is 108 cm³/mol. The average Bonchev–Trinajstić information content (AvgIpc) is 2.69. The molecule has 1 amide bonds. The first-order valence-electron chi connectivity index (χ1n) is 9.13. The van der Waals surface area contributed by atoms with Crippen LogP contribution in [0.3, 0.4) is 0 Å². The van der Waals surface area contributed by atoms with Gasteiger partial charge in [0.25, 0.3) is 11.5 Å². The van der Waals surface area contributed by atoms with E-state index in [-0.39, 0.29) is 17.2 Å². The Bertz CT molecular complexity index is 1010. The summed E-state index contributed by atoms with van der Waals surface area (Å²) in [5.41, 5.74) is 0.922. The zero-order valence-electron chi connectivity index (χ0n) is 15.2. The summed E-state index contributed by atoms with van der Waals surface area (Å²) in [6, 6.07) is 14.4. The lowest BCUT2D eigenvalue weighted by molar-refractivity contribution is 0.0945. The first kappa shape index (κ1) is 19.1. The fourth-order valence-corrected chi connectivity index (χ4v) is 3.17. The molecule has 0 spiro atoms. The quantitative estimate of drug-likeness (QED) is 0.623. The maximum atomic E-state index is 12.8. The van der Waals surface area contributed by atoms with Gasteiger partial charge in [0.05, 0.1) is 5.39 Å². The number of aromatic nitrogens is 2. The van der Waals surface area contributed by atoms with Crippen molar-refractivity contribution in [3.05, 3.63) is 75.2 Å². The maximum absolute atomic E-state index is 12.8. The number of nitrogens with one attached hydrogen (secondary N) is 1. The van der Waals surface area contributed by atoms with Gasteiger partial charge in [0.2, 0.25) is 0 Å². The lowest BCUT2D eigenvalue weighted by Gasteiger charge is -2.11. The van der Waals surface area contributed by atoms with Crippen LogP contribution in [0.5, 0.6) is 0 Å². The van der Waals surface area contributed by atoms with Crippen LogP contribution < -0.4 is 10.9 Å². The van der Waals surface area contributed by atoms with Gasteiger partial charge in [-0.05, 0) is 24.1 Å². The SMILES string of the molecule is CCCCCn1nc(C(=O)NCc2ccccc2Cl)c2ccccc2c1=O. The van der Waals surface area contributed by atoms with Crippen LogP contribution in [0.2, 0.25) is 5.02 Å². The number of carbonyl (C=O) groups is 1. The fraction of sp³-hybridized carbons (Fsp3) is 0.286. The summed E-state index contributed by atoms with van der Waals surface area (Å²) in [4.78, 5) is 25.5. The average molecular weight is 384 g/mol. The molecule has 0 radical (unpaired) electrons. The molecule has 0 saturated carbocycles. The van der Waals surface area contributed by atoms with Crippen molar-refractivity contribution in [2.75, 3.05) is 0 Å². The number of rotatable bonds is 7. The highest BCUT2D eigenvalue weighted by molar-refractivity contribution is 6.31. The minimum Gasteiger partial charge on any atom is -0.346 e. The van der Waals surface area contributed by atoms with Crippen LogP contribution in [0.4, 0.5) is 0 Å². The number of hydrogen-bond donors (Lipinski definition) is 1. The van der Waals surface area contributed by atoms with Gasteiger partial charge >= 0.3 is 0 Å². The lowest BCUT2D eigenvalue weighted by atomic mass is 10.1. The molecule has 0 saturated heterocycles. The van der Waals surface area contributed by atoms with Crippen LogP contribution in [0.25, 0.3) is 10.8 Å². The second kappa shape index (κ2) is 8.82. The molecule has 0 aliphatic carbocycles. The molecule has 6 heteroatoms. The Morgan fingerprint density at radius 1 is 1.07 bits per heavy atom. The van der Waals surface area contributed by atoms with Crippen molar-refractivity contribution in [1.29, 1.82) is 0 Å². The van der Waals surface area contributed by atoms with E-state index in [4.69, 9.17) is 11.6 Å². The smallest absolute Gasteiger partial charge is 0.274 e. The molecule has 1 N–H and O–H groups in total. The molecular formula is C21H22ClN3O2. The molecule has 1 heterocycles. The summed E-state index contributed by atoms with van der Waals surface area (Å²) in [5, 5.41) is 8.89. The van der Waals surface area contributed by atoms with Crippen LogP contribution in [-0.2, 0) is 13.1 Å². The van der Waals surface area contributed by atoms with Crippen molar-refractivity contribution in [3.63, 3.8) is 0 Å².